The summed E-state index contributed by atoms with van der Waals surface area (Å²) in [6.07, 6.45) is 0.421. The Balaban J connectivity index is 1.70. The number of nitrogens with zero attached hydrogens (tertiary/aromatic N) is 1. The molecular formula is C26H35NO7S. The van der Waals surface area contributed by atoms with Gasteiger partial charge in [-0.3, -0.25) is 4.79 Å². The van der Waals surface area contributed by atoms with E-state index in [0.717, 1.165) is 22.3 Å². The molecule has 2 N–H and O–H groups in total. The minimum absolute atomic E-state index is 0.0170. The van der Waals surface area contributed by atoms with Gasteiger partial charge in [0.2, 0.25) is 10.0 Å². The highest BCUT2D eigenvalue weighted by atomic mass is 32.2. The van der Waals surface area contributed by atoms with Gasteiger partial charge in [0, 0.05) is 13.1 Å². The van der Waals surface area contributed by atoms with Crippen LogP contribution in [0, 0.1) is 6.92 Å². The Morgan fingerprint density at radius 3 is 2.46 bits per heavy atom. The Bertz CT molecular complexity index is 1140. The van der Waals surface area contributed by atoms with Crippen molar-refractivity contribution in [2.24, 2.45) is 0 Å². The number of hydrogen-bond acceptors (Lipinski definition) is 7. The summed E-state index contributed by atoms with van der Waals surface area (Å²) < 4.78 is 36.1. The minimum atomic E-state index is -3.83. The maximum atomic E-state index is 13.0. The van der Waals surface area contributed by atoms with Crippen LogP contribution in [0.2, 0.25) is 0 Å². The number of rotatable bonds is 9. The number of aryl methyl sites for hydroxylation is 1. The first kappa shape index (κ1) is 27.1. The highest BCUT2D eigenvalue weighted by Crippen LogP contribution is 2.35. The van der Waals surface area contributed by atoms with E-state index < -0.39 is 26.8 Å². The van der Waals surface area contributed by atoms with Crippen LogP contribution in [0.4, 0.5) is 0 Å². The summed E-state index contributed by atoms with van der Waals surface area (Å²) in [5.41, 5.74) is 4.30. The molecule has 1 fully saturated rings. The Hall–Kier alpha value is -2.46. The Morgan fingerprint density at radius 1 is 1.17 bits per heavy atom. The second-order valence-electron chi connectivity index (χ2n) is 9.43. The van der Waals surface area contributed by atoms with E-state index in [-0.39, 0.29) is 19.1 Å². The van der Waals surface area contributed by atoms with E-state index in [1.165, 1.54) is 25.3 Å². The number of methoxy groups -OCH3 is 1. The van der Waals surface area contributed by atoms with Crippen molar-refractivity contribution in [2.45, 2.75) is 50.4 Å². The topological polar surface area (TPSA) is 113 Å². The molecule has 0 aliphatic carbocycles. The van der Waals surface area contributed by atoms with Crippen LogP contribution in [0.1, 0.15) is 43.7 Å². The zero-order valence-corrected chi connectivity index (χ0v) is 21.5. The fourth-order valence-corrected chi connectivity index (χ4v) is 6.00. The minimum Gasteiger partial charge on any atom is -0.491 e. The molecule has 3 rings (SSSR count). The molecule has 2 aromatic carbocycles. The smallest absolute Gasteiger partial charge is 0.328 e. The summed E-state index contributed by atoms with van der Waals surface area (Å²) in [6.45, 7) is 5.19. The van der Waals surface area contributed by atoms with Gasteiger partial charge in [0.25, 0.3) is 0 Å². The molecule has 1 aliphatic rings. The number of hydrogen-bond donors (Lipinski definition) is 2. The number of esters is 1. The molecule has 2 aromatic rings. The number of piperidine rings is 1. The Labute approximate surface area is 207 Å². The lowest BCUT2D eigenvalue weighted by Crippen LogP contribution is -2.52. The van der Waals surface area contributed by atoms with Crippen LogP contribution in [0.15, 0.2) is 42.5 Å². The maximum absolute atomic E-state index is 13.0. The van der Waals surface area contributed by atoms with Gasteiger partial charge in [0.1, 0.15) is 18.5 Å². The SMILES string of the molecule is COC(=O)C(C)(C)S(=O)(=O)N1CCC(c2ccc(-c3cccc(OC[C@@H](O)CO)c3)c(C)c2)CC1. The van der Waals surface area contributed by atoms with E-state index in [4.69, 9.17) is 14.6 Å². The number of carbonyl (C=O) groups is 1. The highest BCUT2D eigenvalue weighted by Gasteiger charge is 2.47. The lowest BCUT2D eigenvalue weighted by atomic mass is 9.87. The van der Waals surface area contributed by atoms with Gasteiger partial charge in [0.05, 0.1) is 13.7 Å². The van der Waals surface area contributed by atoms with E-state index in [2.05, 4.69) is 18.2 Å². The molecule has 8 nitrogen and oxygen atoms in total. The summed E-state index contributed by atoms with van der Waals surface area (Å²) in [7, 11) is -2.63. The normalized spacial score (nSPS) is 16.6. The van der Waals surface area contributed by atoms with Crippen LogP contribution in [-0.4, -0.2) is 73.2 Å². The molecule has 0 aromatic heterocycles. The van der Waals surface area contributed by atoms with Gasteiger partial charge in [0.15, 0.2) is 4.75 Å². The summed E-state index contributed by atoms with van der Waals surface area (Å²) in [4.78, 5) is 12.0. The zero-order valence-electron chi connectivity index (χ0n) is 20.7. The van der Waals surface area contributed by atoms with E-state index in [1.54, 1.807) is 6.07 Å². The van der Waals surface area contributed by atoms with Gasteiger partial charge >= 0.3 is 5.97 Å². The third kappa shape index (κ3) is 5.86. The van der Waals surface area contributed by atoms with Gasteiger partial charge in [-0.1, -0.05) is 30.3 Å². The zero-order chi connectivity index (χ0) is 25.8. The average molecular weight is 506 g/mol. The van der Waals surface area contributed by atoms with Crippen LogP contribution in [0.3, 0.4) is 0 Å². The summed E-state index contributed by atoms with van der Waals surface area (Å²) in [5, 5.41) is 18.5. The number of aliphatic hydroxyl groups is 2. The van der Waals surface area contributed by atoms with Crippen LogP contribution >= 0.6 is 0 Å². The van der Waals surface area contributed by atoms with Crippen molar-refractivity contribution >= 4 is 16.0 Å². The standard InChI is InChI=1S/C26H35NO7S/c1-18-14-20(8-9-24(18)21-6-5-7-23(15-21)34-17-22(29)16-28)19-10-12-27(13-11-19)35(31,32)26(2,3)25(30)33-4/h5-9,14-15,19,22,28-29H,10-13,16-17H2,1-4H3/t22-/m0/s1. The number of sulfonamides is 1. The molecule has 1 atom stereocenters. The molecule has 1 saturated heterocycles. The molecule has 1 heterocycles. The Morgan fingerprint density at radius 2 is 1.86 bits per heavy atom. The molecule has 0 spiro atoms. The first-order valence-electron chi connectivity index (χ1n) is 11.7. The number of benzene rings is 2. The molecule has 0 unspecified atom stereocenters. The van der Waals surface area contributed by atoms with Crippen molar-refractivity contribution in [3.8, 4) is 16.9 Å². The second-order valence-corrected chi connectivity index (χ2v) is 11.9. The molecular weight excluding hydrogens is 470 g/mol. The predicted molar refractivity (Wildman–Crippen MR) is 134 cm³/mol. The van der Waals surface area contributed by atoms with Gasteiger partial charge in [-0.05, 0) is 73.9 Å². The van der Waals surface area contributed by atoms with Crippen molar-refractivity contribution < 1.29 is 32.9 Å². The highest BCUT2D eigenvalue weighted by molar-refractivity contribution is 7.91. The molecule has 0 bridgehead atoms. The van der Waals surface area contributed by atoms with Crippen molar-refractivity contribution in [2.75, 3.05) is 33.4 Å². The van der Waals surface area contributed by atoms with Gasteiger partial charge in [-0.25, -0.2) is 12.7 Å². The van der Waals surface area contributed by atoms with E-state index in [9.17, 15) is 18.3 Å². The quantitative estimate of drug-likeness (QED) is 0.504. The van der Waals surface area contributed by atoms with Crippen LogP contribution < -0.4 is 4.74 Å². The van der Waals surface area contributed by atoms with E-state index in [1.807, 2.05) is 25.1 Å². The fraction of sp³-hybridized carbons (Fsp3) is 0.500. The van der Waals surface area contributed by atoms with Crippen molar-refractivity contribution in [3.05, 3.63) is 53.6 Å². The molecule has 0 radical (unpaired) electrons. The van der Waals surface area contributed by atoms with Gasteiger partial charge in [-0.15, -0.1) is 0 Å². The first-order chi connectivity index (χ1) is 16.5. The van der Waals surface area contributed by atoms with Gasteiger partial charge in [-0.2, -0.15) is 0 Å². The van der Waals surface area contributed by atoms with Crippen LogP contribution in [0.25, 0.3) is 11.1 Å². The van der Waals surface area contributed by atoms with Gasteiger partial charge < -0.3 is 19.7 Å². The summed E-state index contributed by atoms with van der Waals surface area (Å²) >= 11 is 0. The first-order valence-corrected chi connectivity index (χ1v) is 13.2. The van der Waals surface area contributed by atoms with E-state index >= 15 is 0 Å². The lowest BCUT2D eigenvalue weighted by molar-refractivity contribution is -0.142. The molecule has 35 heavy (non-hydrogen) atoms. The molecule has 192 valence electrons. The van der Waals surface area contributed by atoms with Crippen LogP contribution in [-0.2, 0) is 19.6 Å². The Kier molecular flexibility index (Phi) is 8.58. The number of ether oxygens (including phenoxy) is 2. The molecule has 1 aliphatic heterocycles. The average Bonchev–Trinajstić information content (AvgIpc) is 2.86. The van der Waals surface area contributed by atoms with Crippen molar-refractivity contribution in [1.82, 2.24) is 4.31 Å². The monoisotopic (exact) mass is 505 g/mol. The third-order valence-corrected chi connectivity index (χ3v) is 9.14. The number of carbonyl (C=O) groups excluding carboxylic acids is 1. The molecule has 0 saturated carbocycles. The van der Waals surface area contributed by atoms with Crippen molar-refractivity contribution in [3.63, 3.8) is 0 Å². The van der Waals surface area contributed by atoms with Crippen molar-refractivity contribution in [1.29, 1.82) is 0 Å². The lowest BCUT2D eigenvalue weighted by Gasteiger charge is -2.35. The van der Waals surface area contributed by atoms with E-state index in [0.29, 0.717) is 31.7 Å². The molecule has 0 amide bonds. The second kappa shape index (κ2) is 11.1. The largest absolute Gasteiger partial charge is 0.491 e. The summed E-state index contributed by atoms with van der Waals surface area (Å²) in [5.74, 6) is 0.0805. The molecule has 9 heteroatoms. The third-order valence-electron chi connectivity index (χ3n) is 6.64. The summed E-state index contributed by atoms with van der Waals surface area (Å²) in [6, 6.07) is 13.9. The maximum Gasteiger partial charge on any atom is 0.328 e. The van der Waals surface area contributed by atoms with Crippen LogP contribution in [0.5, 0.6) is 5.75 Å². The fourth-order valence-electron chi connectivity index (χ4n) is 4.37. The predicted octanol–water partition coefficient (Wildman–Crippen LogP) is 2.85. The number of aliphatic hydroxyl groups excluding tert-OH is 2.